The smallest absolute Gasteiger partial charge is 0.263 e. The Balaban J connectivity index is 1.58. The number of fused-ring (bicyclic) bond motifs is 1. The Kier molecular flexibility index (Phi) is 6.60. The predicted octanol–water partition coefficient (Wildman–Crippen LogP) is 5.46. The lowest BCUT2D eigenvalue weighted by Crippen LogP contribution is -2.14. The number of hydrogen-bond acceptors (Lipinski definition) is 7. The van der Waals surface area contributed by atoms with E-state index in [4.69, 9.17) is 9.47 Å². The van der Waals surface area contributed by atoms with E-state index in [9.17, 15) is 12.8 Å². The molecule has 1 N–H and O–H groups in total. The Bertz CT molecular complexity index is 1780. The summed E-state index contributed by atoms with van der Waals surface area (Å²) in [5, 5.41) is 1.09. The average Bonchev–Trinajstić information content (AvgIpc) is 2.93. The Morgan fingerprint density at radius 1 is 0.868 bits per heavy atom. The van der Waals surface area contributed by atoms with Crippen molar-refractivity contribution >= 4 is 26.6 Å². The quantitative estimate of drug-likeness (QED) is 0.296. The molecule has 0 atom stereocenters. The summed E-state index contributed by atoms with van der Waals surface area (Å²) in [4.78, 5) is 12.1. The second kappa shape index (κ2) is 10.0. The zero-order valence-corrected chi connectivity index (χ0v) is 21.0. The van der Waals surface area contributed by atoms with E-state index in [1.807, 2.05) is 0 Å². The molecule has 8 nitrogen and oxygen atoms in total. The van der Waals surface area contributed by atoms with Gasteiger partial charge < -0.3 is 9.47 Å². The number of nitrogens with one attached hydrogen (secondary N) is 1. The van der Waals surface area contributed by atoms with Crippen molar-refractivity contribution in [1.82, 2.24) is 15.0 Å². The van der Waals surface area contributed by atoms with Gasteiger partial charge in [0.2, 0.25) is 0 Å². The molecule has 0 spiro atoms. The van der Waals surface area contributed by atoms with Crippen molar-refractivity contribution in [3.8, 4) is 33.9 Å². The van der Waals surface area contributed by atoms with Gasteiger partial charge >= 0.3 is 0 Å². The first-order valence-electron chi connectivity index (χ1n) is 11.2. The molecule has 0 bridgehead atoms. The van der Waals surface area contributed by atoms with Crippen LogP contribution in [0.1, 0.15) is 0 Å². The maximum Gasteiger partial charge on any atom is 0.263 e. The van der Waals surface area contributed by atoms with Gasteiger partial charge in [-0.25, -0.2) is 27.2 Å². The molecule has 0 fully saturated rings. The zero-order valence-electron chi connectivity index (χ0n) is 20.1. The van der Waals surface area contributed by atoms with Gasteiger partial charge in [0.1, 0.15) is 12.1 Å². The Morgan fingerprint density at radius 3 is 2.42 bits per heavy atom. The van der Waals surface area contributed by atoms with E-state index in [0.717, 1.165) is 0 Å². The first-order chi connectivity index (χ1) is 18.3. The minimum absolute atomic E-state index is 0.00633. The van der Waals surface area contributed by atoms with Crippen LogP contribution in [0.25, 0.3) is 33.2 Å². The number of anilines is 1. The normalized spacial score (nSPS) is 11.4. The van der Waals surface area contributed by atoms with Gasteiger partial charge in [-0.15, -0.1) is 0 Å². The highest BCUT2D eigenvalue weighted by molar-refractivity contribution is 7.92. The molecular formula is C27H20F2N4O4S. The molecule has 0 aliphatic carbocycles. The van der Waals surface area contributed by atoms with Crippen LogP contribution in [-0.4, -0.2) is 37.6 Å². The first kappa shape index (κ1) is 25.0. The monoisotopic (exact) mass is 534 g/mol. The standard InChI is InChI=1S/C27H20F2N4O4S/c1-36-23-14-30-15-32-27(23)33-38(34,35)17-7-8-18-16(13-17)11-12-31-25(18)21-10-9-20(24(29)26(21)37-2)19-5-3-4-6-22(19)28/h3-15H,1-2H3,(H,30,32,33). The molecule has 11 heteroatoms. The van der Waals surface area contributed by atoms with Gasteiger partial charge in [0.25, 0.3) is 10.0 Å². The van der Waals surface area contributed by atoms with Crippen LogP contribution in [-0.2, 0) is 10.0 Å². The summed E-state index contributed by atoms with van der Waals surface area (Å²) in [6, 6.07) is 15.0. The summed E-state index contributed by atoms with van der Waals surface area (Å²) >= 11 is 0. The summed E-state index contributed by atoms with van der Waals surface area (Å²) in [7, 11) is -1.34. The summed E-state index contributed by atoms with van der Waals surface area (Å²) in [6.45, 7) is 0. The lowest BCUT2D eigenvalue weighted by atomic mass is 9.98. The number of aromatic nitrogens is 3. The maximum absolute atomic E-state index is 15.5. The van der Waals surface area contributed by atoms with Crippen LogP contribution in [0.15, 0.2) is 84.3 Å². The van der Waals surface area contributed by atoms with E-state index in [-0.39, 0.29) is 33.3 Å². The number of rotatable bonds is 7. The van der Waals surface area contributed by atoms with E-state index in [1.54, 1.807) is 24.3 Å². The van der Waals surface area contributed by atoms with E-state index in [2.05, 4.69) is 19.7 Å². The minimum Gasteiger partial charge on any atom is -0.493 e. The summed E-state index contributed by atoms with van der Waals surface area (Å²) in [5.74, 6) is -1.26. The van der Waals surface area contributed by atoms with Crippen LogP contribution in [0.5, 0.6) is 11.5 Å². The topological polar surface area (TPSA) is 103 Å². The molecule has 5 rings (SSSR count). The molecule has 0 radical (unpaired) electrons. The molecule has 0 saturated heterocycles. The summed E-state index contributed by atoms with van der Waals surface area (Å²) < 4.78 is 68.9. The maximum atomic E-state index is 15.5. The third-order valence-corrected chi connectivity index (χ3v) is 7.23. The van der Waals surface area contributed by atoms with Crippen molar-refractivity contribution in [2.45, 2.75) is 4.90 Å². The number of nitrogens with zero attached hydrogens (tertiary/aromatic N) is 3. The molecule has 3 aromatic carbocycles. The van der Waals surface area contributed by atoms with Gasteiger partial charge in [-0.05, 0) is 35.7 Å². The fourth-order valence-electron chi connectivity index (χ4n) is 4.10. The van der Waals surface area contributed by atoms with Crippen LogP contribution in [0, 0.1) is 11.6 Å². The molecule has 5 aromatic rings. The first-order valence-corrected chi connectivity index (χ1v) is 12.7. The number of pyridine rings is 1. The number of hydrogen-bond donors (Lipinski definition) is 1. The third kappa shape index (κ3) is 4.48. The van der Waals surface area contributed by atoms with Gasteiger partial charge in [-0.2, -0.15) is 0 Å². The number of ether oxygens (including phenoxy) is 2. The fourth-order valence-corrected chi connectivity index (χ4v) is 5.15. The fraction of sp³-hybridized carbons (Fsp3) is 0.0741. The molecule has 192 valence electrons. The largest absolute Gasteiger partial charge is 0.493 e. The van der Waals surface area contributed by atoms with Gasteiger partial charge in [0, 0.05) is 28.3 Å². The lowest BCUT2D eigenvalue weighted by Gasteiger charge is -2.15. The predicted molar refractivity (Wildman–Crippen MR) is 138 cm³/mol. The SMILES string of the molecule is COc1cncnc1NS(=O)(=O)c1ccc2c(-c3ccc(-c4ccccc4F)c(F)c3OC)nccc2c1. The molecule has 2 aromatic heterocycles. The van der Waals surface area contributed by atoms with Crippen LogP contribution < -0.4 is 14.2 Å². The van der Waals surface area contributed by atoms with Gasteiger partial charge in [0.15, 0.2) is 23.1 Å². The van der Waals surface area contributed by atoms with E-state index in [0.29, 0.717) is 22.0 Å². The number of methoxy groups -OCH3 is 2. The zero-order chi connectivity index (χ0) is 26.9. The Labute approximate surface area is 217 Å². The average molecular weight is 535 g/mol. The molecule has 0 unspecified atom stereocenters. The molecule has 2 heterocycles. The second-order valence-electron chi connectivity index (χ2n) is 8.08. The highest BCUT2D eigenvalue weighted by Gasteiger charge is 2.22. The van der Waals surface area contributed by atoms with Crippen LogP contribution in [0.4, 0.5) is 14.6 Å². The molecule has 38 heavy (non-hydrogen) atoms. The Morgan fingerprint density at radius 2 is 1.66 bits per heavy atom. The van der Waals surface area contributed by atoms with Gasteiger partial charge in [-0.3, -0.25) is 9.71 Å². The van der Waals surface area contributed by atoms with E-state index in [1.165, 1.54) is 69.3 Å². The molecule has 0 aliphatic rings. The van der Waals surface area contributed by atoms with Crippen molar-refractivity contribution in [3.05, 3.63) is 91.0 Å². The van der Waals surface area contributed by atoms with Gasteiger partial charge in [-0.1, -0.05) is 30.3 Å². The van der Waals surface area contributed by atoms with Crippen molar-refractivity contribution in [2.75, 3.05) is 18.9 Å². The summed E-state index contributed by atoms with van der Waals surface area (Å²) in [6.07, 6.45) is 4.02. The van der Waals surface area contributed by atoms with Crippen LogP contribution in [0.3, 0.4) is 0 Å². The van der Waals surface area contributed by atoms with Gasteiger partial charge in [0.05, 0.1) is 31.0 Å². The van der Waals surface area contributed by atoms with Crippen LogP contribution in [0.2, 0.25) is 0 Å². The van der Waals surface area contributed by atoms with Crippen LogP contribution >= 0.6 is 0 Å². The van der Waals surface area contributed by atoms with E-state index >= 15 is 4.39 Å². The highest BCUT2D eigenvalue weighted by atomic mass is 32.2. The molecular weight excluding hydrogens is 514 g/mol. The van der Waals surface area contributed by atoms with Crippen molar-refractivity contribution in [2.24, 2.45) is 0 Å². The third-order valence-electron chi connectivity index (χ3n) is 5.90. The van der Waals surface area contributed by atoms with Crippen molar-refractivity contribution < 1.29 is 26.7 Å². The van der Waals surface area contributed by atoms with Crippen molar-refractivity contribution in [3.63, 3.8) is 0 Å². The molecule has 0 aliphatic heterocycles. The summed E-state index contributed by atoms with van der Waals surface area (Å²) in [5.41, 5.74) is 0.842. The molecule has 0 amide bonds. The van der Waals surface area contributed by atoms with Crippen molar-refractivity contribution in [1.29, 1.82) is 0 Å². The highest BCUT2D eigenvalue weighted by Crippen LogP contribution is 2.40. The lowest BCUT2D eigenvalue weighted by molar-refractivity contribution is 0.389. The second-order valence-corrected chi connectivity index (χ2v) is 9.76. The minimum atomic E-state index is -4.04. The number of sulfonamides is 1. The number of benzene rings is 3. The van der Waals surface area contributed by atoms with E-state index < -0.39 is 21.7 Å². The molecule has 0 saturated carbocycles. The Hall–Kier alpha value is -4.64. The number of halogens is 2.